The van der Waals surface area contributed by atoms with Gasteiger partial charge in [0.1, 0.15) is 5.82 Å². The number of carbonyl (C=O) groups excluding carboxylic acids is 1. The van der Waals surface area contributed by atoms with E-state index in [1.54, 1.807) is 0 Å². The Kier molecular flexibility index (Phi) is 6.58. The van der Waals surface area contributed by atoms with Gasteiger partial charge in [-0.25, -0.2) is 4.39 Å². The standard InChI is InChI=1S/C24H20ClFN4OS/c1-15-8-10-19(12-16(15)2)30-23(17-6-4-3-5-7-17)28-29-24(30)32-14-22(31)27-18-9-11-21(26)20(25)13-18/h3-13H,14H2,1-2H3,(H,27,31). The van der Waals surface area contributed by atoms with Crippen molar-refractivity contribution in [1.82, 2.24) is 14.8 Å². The van der Waals surface area contributed by atoms with Gasteiger partial charge in [-0.3, -0.25) is 9.36 Å². The lowest BCUT2D eigenvalue weighted by Crippen LogP contribution is -2.14. The summed E-state index contributed by atoms with van der Waals surface area (Å²) in [6, 6.07) is 20.0. The van der Waals surface area contributed by atoms with Crippen LogP contribution in [0.5, 0.6) is 0 Å². The Morgan fingerprint density at radius 2 is 1.81 bits per heavy atom. The quantitative estimate of drug-likeness (QED) is 0.350. The maximum absolute atomic E-state index is 13.3. The molecule has 5 nitrogen and oxygen atoms in total. The van der Waals surface area contributed by atoms with Gasteiger partial charge in [0.15, 0.2) is 11.0 Å². The van der Waals surface area contributed by atoms with E-state index >= 15 is 0 Å². The SMILES string of the molecule is Cc1ccc(-n2c(SCC(=O)Nc3ccc(F)c(Cl)c3)nnc2-c2ccccc2)cc1C. The average molecular weight is 467 g/mol. The van der Waals surface area contributed by atoms with Crippen LogP contribution in [0, 0.1) is 19.7 Å². The molecule has 0 aliphatic carbocycles. The molecule has 1 N–H and O–H groups in total. The third kappa shape index (κ3) is 4.84. The number of aromatic nitrogens is 3. The second-order valence-corrected chi connectivity index (χ2v) is 8.59. The average Bonchev–Trinajstić information content (AvgIpc) is 3.21. The van der Waals surface area contributed by atoms with Gasteiger partial charge in [-0.2, -0.15) is 0 Å². The van der Waals surface area contributed by atoms with Crippen LogP contribution in [0.4, 0.5) is 10.1 Å². The Morgan fingerprint density at radius 3 is 2.53 bits per heavy atom. The minimum Gasteiger partial charge on any atom is -0.325 e. The number of halogens is 2. The van der Waals surface area contributed by atoms with Crippen molar-refractivity contribution in [2.24, 2.45) is 0 Å². The number of carbonyl (C=O) groups is 1. The third-order valence-corrected chi connectivity index (χ3v) is 6.17. The lowest BCUT2D eigenvalue weighted by Gasteiger charge is -2.12. The maximum Gasteiger partial charge on any atom is 0.234 e. The number of rotatable bonds is 6. The maximum atomic E-state index is 13.3. The van der Waals surface area contributed by atoms with Crippen molar-refractivity contribution in [3.8, 4) is 17.1 Å². The summed E-state index contributed by atoms with van der Waals surface area (Å²) in [5.74, 6) is 0.0110. The molecule has 0 fully saturated rings. The Morgan fingerprint density at radius 1 is 1.03 bits per heavy atom. The molecule has 0 atom stereocenters. The van der Waals surface area contributed by atoms with Crippen LogP contribution in [0.15, 0.2) is 71.9 Å². The van der Waals surface area contributed by atoms with Crippen LogP contribution in [0.1, 0.15) is 11.1 Å². The summed E-state index contributed by atoms with van der Waals surface area (Å²) in [5.41, 5.74) is 4.62. The highest BCUT2D eigenvalue weighted by Gasteiger charge is 2.18. The van der Waals surface area contributed by atoms with E-state index in [9.17, 15) is 9.18 Å². The molecule has 8 heteroatoms. The second kappa shape index (κ2) is 9.54. The normalized spacial score (nSPS) is 10.9. The zero-order valence-corrected chi connectivity index (χ0v) is 19.0. The smallest absolute Gasteiger partial charge is 0.234 e. The Bertz CT molecular complexity index is 1280. The van der Waals surface area contributed by atoms with Crippen LogP contribution in [0.2, 0.25) is 5.02 Å². The van der Waals surface area contributed by atoms with E-state index in [1.165, 1.54) is 35.5 Å². The summed E-state index contributed by atoms with van der Waals surface area (Å²) >= 11 is 7.06. The van der Waals surface area contributed by atoms with Crippen LogP contribution in [0.25, 0.3) is 17.1 Å². The predicted molar refractivity (Wildman–Crippen MR) is 127 cm³/mol. The van der Waals surface area contributed by atoms with E-state index in [-0.39, 0.29) is 16.7 Å². The van der Waals surface area contributed by atoms with Crippen molar-refractivity contribution in [3.05, 3.63) is 88.7 Å². The summed E-state index contributed by atoms with van der Waals surface area (Å²) in [7, 11) is 0. The predicted octanol–water partition coefficient (Wildman–Crippen LogP) is 6.07. The third-order valence-electron chi connectivity index (χ3n) is 4.95. The summed E-state index contributed by atoms with van der Waals surface area (Å²) in [6.45, 7) is 4.12. The minimum atomic E-state index is -0.533. The minimum absolute atomic E-state index is 0.0440. The monoisotopic (exact) mass is 466 g/mol. The van der Waals surface area contributed by atoms with Crippen molar-refractivity contribution < 1.29 is 9.18 Å². The van der Waals surface area contributed by atoms with E-state index in [4.69, 9.17) is 11.6 Å². The van der Waals surface area contributed by atoms with Crippen LogP contribution in [0.3, 0.4) is 0 Å². The number of aryl methyl sites for hydroxylation is 2. The van der Waals surface area contributed by atoms with E-state index in [0.29, 0.717) is 16.7 Å². The van der Waals surface area contributed by atoms with E-state index in [1.807, 2.05) is 41.0 Å². The zero-order valence-electron chi connectivity index (χ0n) is 17.5. The Balaban J connectivity index is 1.60. The molecule has 0 spiro atoms. The molecule has 0 saturated heterocycles. The van der Waals surface area contributed by atoms with Crippen LogP contribution in [-0.2, 0) is 4.79 Å². The molecular weight excluding hydrogens is 447 g/mol. The highest BCUT2D eigenvalue weighted by atomic mass is 35.5. The number of anilines is 1. The fraction of sp³-hybridized carbons (Fsp3) is 0.125. The number of amides is 1. The van der Waals surface area contributed by atoms with Gasteiger partial charge in [0.25, 0.3) is 0 Å². The van der Waals surface area contributed by atoms with Gasteiger partial charge < -0.3 is 5.32 Å². The number of nitrogens with zero attached hydrogens (tertiary/aromatic N) is 3. The van der Waals surface area contributed by atoms with Gasteiger partial charge in [0.2, 0.25) is 5.91 Å². The number of hydrogen-bond acceptors (Lipinski definition) is 4. The van der Waals surface area contributed by atoms with Crippen molar-refractivity contribution in [2.45, 2.75) is 19.0 Å². The lowest BCUT2D eigenvalue weighted by molar-refractivity contribution is -0.113. The summed E-state index contributed by atoms with van der Waals surface area (Å²) in [5, 5.41) is 12.0. The molecule has 32 heavy (non-hydrogen) atoms. The number of benzene rings is 3. The lowest BCUT2D eigenvalue weighted by atomic mass is 10.1. The molecule has 1 amide bonds. The van der Waals surface area contributed by atoms with Gasteiger partial charge in [-0.1, -0.05) is 59.8 Å². The summed E-state index contributed by atoms with van der Waals surface area (Å²) < 4.78 is 15.3. The van der Waals surface area contributed by atoms with Crippen molar-refractivity contribution in [1.29, 1.82) is 0 Å². The Labute approximate surface area is 194 Å². The fourth-order valence-electron chi connectivity index (χ4n) is 3.14. The molecular formula is C24H20ClFN4OS. The molecule has 0 saturated carbocycles. The van der Waals surface area contributed by atoms with Crippen LogP contribution < -0.4 is 5.32 Å². The highest BCUT2D eigenvalue weighted by molar-refractivity contribution is 7.99. The first-order valence-electron chi connectivity index (χ1n) is 9.88. The number of hydrogen-bond donors (Lipinski definition) is 1. The molecule has 1 heterocycles. The fourth-order valence-corrected chi connectivity index (χ4v) is 4.07. The van der Waals surface area contributed by atoms with Crippen molar-refractivity contribution in [3.63, 3.8) is 0 Å². The van der Waals surface area contributed by atoms with Gasteiger partial charge in [-0.05, 0) is 55.3 Å². The highest BCUT2D eigenvalue weighted by Crippen LogP contribution is 2.29. The van der Waals surface area contributed by atoms with Gasteiger partial charge >= 0.3 is 0 Å². The molecule has 0 radical (unpaired) electrons. The molecule has 4 aromatic rings. The van der Waals surface area contributed by atoms with Crippen LogP contribution >= 0.6 is 23.4 Å². The molecule has 0 aliphatic heterocycles. The first-order valence-corrected chi connectivity index (χ1v) is 11.2. The molecule has 0 unspecified atom stereocenters. The second-order valence-electron chi connectivity index (χ2n) is 7.24. The molecule has 0 aliphatic rings. The molecule has 4 rings (SSSR count). The number of thioether (sulfide) groups is 1. The largest absolute Gasteiger partial charge is 0.325 e. The molecule has 3 aromatic carbocycles. The van der Waals surface area contributed by atoms with Gasteiger partial charge in [0, 0.05) is 11.3 Å². The topological polar surface area (TPSA) is 59.8 Å². The first-order chi connectivity index (χ1) is 15.4. The van der Waals surface area contributed by atoms with E-state index in [0.717, 1.165) is 16.8 Å². The molecule has 0 bridgehead atoms. The molecule has 162 valence electrons. The van der Waals surface area contributed by atoms with Crippen molar-refractivity contribution in [2.75, 3.05) is 11.1 Å². The number of nitrogens with one attached hydrogen (secondary N) is 1. The Hall–Kier alpha value is -3.16. The zero-order chi connectivity index (χ0) is 22.7. The summed E-state index contributed by atoms with van der Waals surface area (Å²) in [4.78, 5) is 12.5. The van der Waals surface area contributed by atoms with E-state index < -0.39 is 5.82 Å². The first kappa shape index (κ1) is 22.0. The van der Waals surface area contributed by atoms with E-state index in [2.05, 4.69) is 41.5 Å². The van der Waals surface area contributed by atoms with Crippen LogP contribution in [-0.4, -0.2) is 26.4 Å². The van der Waals surface area contributed by atoms with Crippen molar-refractivity contribution >= 4 is 35.0 Å². The summed E-state index contributed by atoms with van der Waals surface area (Å²) in [6.07, 6.45) is 0. The molecule has 1 aromatic heterocycles. The van der Waals surface area contributed by atoms with Gasteiger partial charge in [0.05, 0.1) is 16.5 Å². The van der Waals surface area contributed by atoms with Gasteiger partial charge in [-0.15, -0.1) is 10.2 Å².